The Morgan fingerprint density at radius 2 is 2.17 bits per heavy atom. The molecule has 1 aliphatic heterocycles. The molecule has 2 aliphatic rings. The summed E-state index contributed by atoms with van der Waals surface area (Å²) in [6.07, 6.45) is 4.08. The van der Waals surface area contributed by atoms with E-state index in [1.807, 2.05) is 0 Å². The predicted molar refractivity (Wildman–Crippen MR) is 88.1 cm³/mol. The molecule has 4 heteroatoms. The van der Waals surface area contributed by atoms with Crippen molar-refractivity contribution in [3.8, 4) is 0 Å². The molecule has 1 aliphatic carbocycles. The minimum atomic E-state index is 0.600. The van der Waals surface area contributed by atoms with E-state index in [4.69, 9.17) is 0 Å². The van der Waals surface area contributed by atoms with Crippen LogP contribution < -0.4 is 5.32 Å². The van der Waals surface area contributed by atoms with Crippen molar-refractivity contribution in [2.24, 2.45) is 0 Å². The molecule has 1 saturated heterocycles. The van der Waals surface area contributed by atoms with Gasteiger partial charge in [0.2, 0.25) is 0 Å². The van der Waals surface area contributed by atoms with E-state index in [0.717, 1.165) is 16.6 Å². The highest BCUT2D eigenvalue weighted by Crippen LogP contribution is 2.34. The molecule has 0 bridgehead atoms. The molecule has 1 saturated carbocycles. The number of likely N-dealkylation sites (tertiary alicyclic amines) is 1. The van der Waals surface area contributed by atoms with Crippen LogP contribution in [-0.4, -0.2) is 29.6 Å². The summed E-state index contributed by atoms with van der Waals surface area (Å²) in [5.41, 5.74) is 1.26. The molecule has 2 unspecified atom stereocenters. The summed E-state index contributed by atoms with van der Waals surface area (Å²) in [7, 11) is 0. The number of hydrogen-bond donors (Lipinski definition) is 1. The summed E-state index contributed by atoms with van der Waals surface area (Å²) in [5.74, 6) is 0. The highest BCUT2D eigenvalue weighted by atomic mass is 127. The van der Waals surface area contributed by atoms with Gasteiger partial charge in [-0.1, -0.05) is 15.9 Å². The number of rotatable bonds is 3. The topological polar surface area (TPSA) is 15.3 Å². The zero-order chi connectivity index (χ0) is 12.7. The molecule has 2 atom stereocenters. The van der Waals surface area contributed by atoms with Crippen LogP contribution in [0.25, 0.3) is 0 Å². The van der Waals surface area contributed by atoms with E-state index in [0.29, 0.717) is 6.04 Å². The van der Waals surface area contributed by atoms with E-state index in [9.17, 15) is 0 Å². The Labute approximate surface area is 131 Å². The van der Waals surface area contributed by atoms with Gasteiger partial charge in [0.1, 0.15) is 0 Å². The van der Waals surface area contributed by atoms with Crippen LogP contribution >= 0.6 is 38.5 Å². The zero-order valence-corrected chi connectivity index (χ0v) is 14.2. The smallest absolute Gasteiger partial charge is 0.0489 e. The largest absolute Gasteiger partial charge is 0.380 e. The van der Waals surface area contributed by atoms with Gasteiger partial charge in [-0.3, -0.25) is 4.90 Å². The normalized spacial score (nSPS) is 28.6. The molecule has 1 heterocycles. The van der Waals surface area contributed by atoms with Gasteiger partial charge in [-0.15, -0.1) is 0 Å². The molecule has 0 aromatic heterocycles. The predicted octanol–water partition coefficient (Wildman–Crippen LogP) is 4.09. The number of halogens is 2. The first kappa shape index (κ1) is 13.2. The molecule has 2 fully saturated rings. The average Bonchev–Trinajstić information content (AvgIpc) is 3.09. The Kier molecular flexibility index (Phi) is 3.87. The van der Waals surface area contributed by atoms with E-state index in [1.165, 1.54) is 35.1 Å². The van der Waals surface area contributed by atoms with Gasteiger partial charge in [0.25, 0.3) is 0 Å². The maximum atomic E-state index is 3.71. The van der Waals surface area contributed by atoms with Crippen LogP contribution in [0, 0.1) is 3.57 Å². The van der Waals surface area contributed by atoms with Crippen molar-refractivity contribution < 1.29 is 0 Å². The van der Waals surface area contributed by atoms with Crippen LogP contribution in [0.4, 0.5) is 5.69 Å². The molecule has 3 rings (SSSR count). The summed E-state index contributed by atoms with van der Waals surface area (Å²) in [6.45, 7) is 3.57. The van der Waals surface area contributed by atoms with Gasteiger partial charge in [-0.25, -0.2) is 0 Å². The molecule has 1 aromatic rings. The molecular formula is C14H18BrIN2. The van der Waals surface area contributed by atoms with Crippen molar-refractivity contribution >= 4 is 44.2 Å². The first-order valence-corrected chi connectivity index (χ1v) is 8.48. The SMILES string of the molecule is CC1CC(Nc2cc(Br)ccc2I)CN1C1CC1. The van der Waals surface area contributed by atoms with Gasteiger partial charge in [0.05, 0.1) is 0 Å². The van der Waals surface area contributed by atoms with Gasteiger partial charge < -0.3 is 5.32 Å². The van der Waals surface area contributed by atoms with Gasteiger partial charge in [-0.05, 0) is 67.0 Å². The first-order valence-electron chi connectivity index (χ1n) is 6.61. The monoisotopic (exact) mass is 420 g/mol. The van der Waals surface area contributed by atoms with E-state index in [1.54, 1.807) is 0 Å². The highest BCUT2D eigenvalue weighted by Gasteiger charge is 2.38. The maximum absolute atomic E-state index is 3.71. The first-order chi connectivity index (χ1) is 8.63. The second kappa shape index (κ2) is 5.29. The minimum Gasteiger partial charge on any atom is -0.380 e. The van der Waals surface area contributed by atoms with Crippen LogP contribution in [-0.2, 0) is 0 Å². The third-order valence-corrected chi connectivity index (χ3v) is 5.36. The molecule has 0 amide bonds. The summed E-state index contributed by atoms with van der Waals surface area (Å²) in [4.78, 5) is 2.68. The van der Waals surface area contributed by atoms with Crippen molar-refractivity contribution in [3.63, 3.8) is 0 Å². The standard InChI is InChI=1S/C14H18BrIN2/c1-9-6-11(8-18(9)12-3-4-12)17-14-7-10(15)2-5-13(14)16/h2,5,7,9,11-12,17H,3-4,6,8H2,1H3. The van der Waals surface area contributed by atoms with Crippen molar-refractivity contribution in [2.45, 2.75) is 44.3 Å². The number of anilines is 1. The van der Waals surface area contributed by atoms with Gasteiger partial charge in [0, 0.05) is 38.4 Å². The third kappa shape index (κ3) is 2.85. The molecule has 2 nitrogen and oxygen atoms in total. The molecule has 0 spiro atoms. The zero-order valence-electron chi connectivity index (χ0n) is 10.5. The quantitative estimate of drug-likeness (QED) is 0.741. The summed E-state index contributed by atoms with van der Waals surface area (Å²) in [6, 6.07) is 8.66. The molecule has 18 heavy (non-hydrogen) atoms. The van der Waals surface area contributed by atoms with E-state index in [-0.39, 0.29) is 0 Å². The van der Waals surface area contributed by atoms with Crippen molar-refractivity contribution in [1.29, 1.82) is 0 Å². The minimum absolute atomic E-state index is 0.600. The van der Waals surface area contributed by atoms with Crippen molar-refractivity contribution in [2.75, 3.05) is 11.9 Å². The third-order valence-electron chi connectivity index (χ3n) is 3.93. The lowest BCUT2D eigenvalue weighted by atomic mass is 10.2. The van der Waals surface area contributed by atoms with E-state index >= 15 is 0 Å². The number of nitrogens with one attached hydrogen (secondary N) is 1. The van der Waals surface area contributed by atoms with Crippen molar-refractivity contribution in [3.05, 3.63) is 26.2 Å². The molecular weight excluding hydrogens is 403 g/mol. The van der Waals surface area contributed by atoms with Gasteiger partial charge in [-0.2, -0.15) is 0 Å². The Morgan fingerprint density at radius 1 is 1.39 bits per heavy atom. The van der Waals surface area contributed by atoms with Crippen LogP contribution in [0.5, 0.6) is 0 Å². The van der Waals surface area contributed by atoms with E-state index in [2.05, 4.69) is 73.9 Å². The van der Waals surface area contributed by atoms with Crippen LogP contribution in [0.2, 0.25) is 0 Å². The number of benzene rings is 1. The fourth-order valence-corrected chi connectivity index (χ4v) is 3.76. The lowest BCUT2D eigenvalue weighted by molar-refractivity contribution is 0.257. The van der Waals surface area contributed by atoms with Gasteiger partial charge >= 0.3 is 0 Å². The van der Waals surface area contributed by atoms with Crippen LogP contribution in [0.3, 0.4) is 0 Å². The summed E-state index contributed by atoms with van der Waals surface area (Å²) in [5, 5.41) is 3.71. The summed E-state index contributed by atoms with van der Waals surface area (Å²) < 4.78 is 2.45. The Morgan fingerprint density at radius 3 is 2.89 bits per heavy atom. The Bertz CT molecular complexity index is 447. The molecule has 98 valence electrons. The average molecular weight is 421 g/mol. The molecule has 1 aromatic carbocycles. The van der Waals surface area contributed by atoms with Gasteiger partial charge in [0.15, 0.2) is 0 Å². The number of nitrogens with zero attached hydrogens (tertiary/aromatic N) is 1. The molecule has 0 radical (unpaired) electrons. The number of hydrogen-bond acceptors (Lipinski definition) is 2. The molecule has 1 N–H and O–H groups in total. The summed E-state index contributed by atoms with van der Waals surface area (Å²) >= 11 is 5.95. The van der Waals surface area contributed by atoms with E-state index < -0.39 is 0 Å². The lowest BCUT2D eigenvalue weighted by Crippen LogP contribution is -2.31. The Hall–Kier alpha value is 0.190. The van der Waals surface area contributed by atoms with Crippen LogP contribution in [0.1, 0.15) is 26.2 Å². The maximum Gasteiger partial charge on any atom is 0.0489 e. The van der Waals surface area contributed by atoms with Crippen molar-refractivity contribution in [1.82, 2.24) is 4.90 Å². The second-order valence-corrected chi connectivity index (χ2v) is 7.56. The fourth-order valence-electron chi connectivity index (χ4n) is 2.90. The highest BCUT2D eigenvalue weighted by molar-refractivity contribution is 14.1. The Balaban J connectivity index is 1.68. The van der Waals surface area contributed by atoms with Crippen LogP contribution in [0.15, 0.2) is 22.7 Å². The fraction of sp³-hybridized carbons (Fsp3) is 0.571. The lowest BCUT2D eigenvalue weighted by Gasteiger charge is -2.20. The second-order valence-electron chi connectivity index (χ2n) is 5.48.